The SMILES string of the molecule is CNCCN(C)Cc1csc(-c2ccccc2Cl)n1. The highest BCUT2D eigenvalue weighted by molar-refractivity contribution is 7.13. The van der Waals surface area contributed by atoms with E-state index < -0.39 is 0 Å². The molecule has 102 valence electrons. The van der Waals surface area contributed by atoms with Gasteiger partial charge in [0.2, 0.25) is 0 Å². The standard InChI is InChI=1S/C14H18ClN3S/c1-16-7-8-18(2)9-11-10-19-14(17-11)12-5-3-4-6-13(12)15/h3-6,10,16H,7-9H2,1-2H3. The third kappa shape index (κ3) is 4.01. The number of benzene rings is 1. The van der Waals surface area contributed by atoms with Gasteiger partial charge in [-0.1, -0.05) is 29.8 Å². The van der Waals surface area contributed by atoms with Gasteiger partial charge >= 0.3 is 0 Å². The lowest BCUT2D eigenvalue weighted by Crippen LogP contribution is -2.27. The van der Waals surface area contributed by atoms with Crippen LogP contribution in [-0.4, -0.2) is 37.1 Å². The molecule has 0 aliphatic heterocycles. The molecule has 2 rings (SSSR count). The van der Waals surface area contributed by atoms with Crippen molar-refractivity contribution in [3.63, 3.8) is 0 Å². The molecule has 0 unspecified atom stereocenters. The zero-order valence-electron chi connectivity index (χ0n) is 11.2. The molecule has 0 spiro atoms. The third-order valence-corrected chi connectivity index (χ3v) is 4.09. The van der Waals surface area contributed by atoms with Gasteiger partial charge < -0.3 is 5.32 Å². The second-order valence-electron chi connectivity index (χ2n) is 4.47. The van der Waals surface area contributed by atoms with Crippen molar-refractivity contribution >= 4 is 22.9 Å². The van der Waals surface area contributed by atoms with Gasteiger partial charge in [-0.3, -0.25) is 4.90 Å². The van der Waals surface area contributed by atoms with Crippen LogP contribution in [0.15, 0.2) is 29.6 Å². The van der Waals surface area contributed by atoms with E-state index in [1.165, 1.54) is 0 Å². The molecule has 1 heterocycles. The number of hydrogen-bond donors (Lipinski definition) is 1. The Hall–Kier alpha value is -0.940. The Labute approximate surface area is 123 Å². The first-order chi connectivity index (χ1) is 9.20. The predicted octanol–water partition coefficient (Wildman–Crippen LogP) is 3.11. The van der Waals surface area contributed by atoms with Gasteiger partial charge in [-0.15, -0.1) is 11.3 Å². The summed E-state index contributed by atoms with van der Waals surface area (Å²) in [5, 5.41) is 7.00. The van der Waals surface area contributed by atoms with Gasteiger partial charge in [0, 0.05) is 30.6 Å². The topological polar surface area (TPSA) is 28.2 Å². The van der Waals surface area contributed by atoms with E-state index in [2.05, 4.69) is 27.6 Å². The summed E-state index contributed by atoms with van der Waals surface area (Å²) in [6, 6.07) is 7.83. The summed E-state index contributed by atoms with van der Waals surface area (Å²) in [6.07, 6.45) is 0. The number of aromatic nitrogens is 1. The van der Waals surface area contributed by atoms with Crippen molar-refractivity contribution in [1.29, 1.82) is 0 Å². The molecule has 2 aromatic rings. The minimum absolute atomic E-state index is 0.756. The van der Waals surface area contributed by atoms with Crippen molar-refractivity contribution in [1.82, 2.24) is 15.2 Å². The van der Waals surface area contributed by atoms with Crippen LogP contribution in [0.3, 0.4) is 0 Å². The van der Waals surface area contributed by atoms with Crippen LogP contribution in [0.2, 0.25) is 5.02 Å². The molecule has 1 aromatic heterocycles. The van der Waals surface area contributed by atoms with Crippen LogP contribution in [0.25, 0.3) is 10.6 Å². The molecule has 0 atom stereocenters. The van der Waals surface area contributed by atoms with Crippen LogP contribution in [0.1, 0.15) is 5.69 Å². The van der Waals surface area contributed by atoms with Crippen molar-refractivity contribution in [2.24, 2.45) is 0 Å². The molecule has 0 radical (unpaired) electrons. The molecule has 0 saturated carbocycles. The van der Waals surface area contributed by atoms with Crippen LogP contribution in [-0.2, 0) is 6.54 Å². The molecule has 19 heavy (non-hydrogen) atoms. The Balaban J connectivity index is 2.05. The Morgan fingerprint density at radius 2 is 2.16 bits per heavy atom. The lowest BCUT2D eigenvalue weighted by atomic mass is 10.2. The molecule has 0 fully saturated rings. The molecule has 5 heteroatoms. The molecule has 1 aromatic carbocycles. The maximum atomic E-state index is 6.19. The van der Waals surface area contributed by atoms with Gasteiger partial charge in [0.05, 0.1) is 10.7 Å². The van der Waals surface area contributed by atoms with Crippen LogP contribution in [0, 0.1) is 0 Å². The van der Waals surface area contributed by atoms with Gasteiger partial charge in [0.15, 0.2) is 0 Å². The zero-order valence-corrected chi connectivity index (χ0v) is 12.8. The summed E-state index contributed by atoms with van der Waals surface area (Å²) >= 11 is 7.84. The number of nitrogens with one attached hydrogen (secondary N) is 1. The molecule has 0 aliphatic rings. The fourth-order valence-electron chi connectivity index (χ4n) is 1.80. The molecule has 0 aliphatic carbocycles. The minimum atomic E-state index is 0.756. The first-order valence-corrected chi connectivity index (χ1v) is 7.49. The first kappa shape index (κ1) is 14.5. The van der Waals surface area contributed by atoms with E-state index in [1.54, 1.807) is 11.3 Å². The third-order valence-electron chi connectivity index (χ3n) is 2.83. The van der Waals surface area contributed by atoms with E-state index in [-0.39, 0.29) is 0 Å². The Kier molecular flexibility index (Phi) is 5.34. The van der Waals surface area contributed by atoms with Crippen molar-refractivity contribution in [2.45, 2.75) is 6.54 Å². The van der Waals surface area contributed by atoms with E-state index in [0.29, 0.717) is 0 Å². The van der Waals surface area contributed by atoms with Gasteiger partial charge in [0.1, 0.15) is 5.01 Å². The molecule has 0 amide bonds. The fraction of sp³-hybridized carbons (Fsp3) is 0.357. The second-order valence-corrected chi connectivity index (χ2v) is 5.73. The number of likely N-dealkylation sites (N-methyl/N-ethyl adjacent to an activating group) is 2. The maximum absolute atomic E-state index is 6.19. The Morgan fingerprint density at radius 3 is 2.89 bits per heavy atom. The van der Waals surface area contributed by atoms with Crippen molar-refractivity contribution in [3.8, 4) is 10.6 Å². The number of thiazole rings is 1. The van der Waals surface area contributed by atoms with E-state index >= 15 is 0 Å². The quantitative estimate of drug-likeness (QED) is 0.887. The van der Waals surface area contributed by atoms with Gasteiger partial charge in [-0.2, -0.15) is 0 Å². The largest absolute Gasteiger partial charge is 0.318 e. The monoisotopic (exact) mass is 295 g/mol. The highest BCUT2D eigenvalue weighted by atomic mass is 35.5. The molecular weight excluding hydrogens is 278 g/mol. The van der Waals surface area contributed by atoms with Gasteiger partial charge in [-0.25, -0.2) is 4.98 Å². The summed E-state index contributed by atoms with van der Waals surface area (Å²) in [5.41, 5.74) is 2.11. The molecule has 1 N–H and O–H groups in total. The molecule has 3 nitrogen and oxygen atoms in total. The van der Waals surface area contributed by atoms with E-state index in [4.69, 9.17) is 11.6 Å². The molecular formula is C14H18ClN3S. The number of nitrogens with zero attached hydrogens (tertiary/aromatic N) is 2. The number of halogens is 1. The predicted molar refractivity (Wildman–Crippen MR) is 82.8 cm³/mol. The average Bonchev–Trinajstić information content (AvgIpc) is 2.85. The van der Waals surface area contributed by atoms with Crippen LogP contribution >= 0.6 is 22.9 Å². The summed E-state index contributed by atoms with van der Waals surface area (Å²) < 4.78 is 0. The van der Waals surface area contributed by atoms with Crippen LogP contribution < -0.4 is 5.32 Å². The summed E-state index contributed by atoms with van der Waals surface area (Å²) in [4.78, 5) is 6.91. The smallest absolute Gasteiger partial charge is 0.125 e. The highest BCUT2D eigenvalue weighted by Gasteiger charge is 2.09. The Morgan fingerprint density at radius 1 is 1.37 bits per heavy atom. The average molecular weight is 296 g/mol. The van der Waals surface area contributed by atoms with Crippen molar-refractivity contribution < 1.29 is 0 Å². The number of rotatable bonds is 6. The van der Waals surface area contributed by atoms with Crippen molar-refractivity contribution in [3.05, 3.63) is 40.4 Å². The first-order valence-electron chi connectivity index (χ1n) is 6.23. The van der Waals surface area contributed by atoms with Crippen molar-refractivity contribution in [2.75, 3.05) is 27.2 Å². The van der Waals surface area contributed by atoms with Crippen LogP contribution in [0.4, 0.5) is 0 Å². The lowest BCUT2D eigenvalue weighted by Gasteiger charge is -2.14. The fourth-order valence-corrected chi connectivity index (χ4v) is 2.93. The summed E-state index contributed by atoms with van der Waals surface area (Å²) in [7, 11) is 4.07. The summed E-state index contributed by atoms with van der Waals surface area (Å²) in [6.45, 7) is 2.86. The van der Waals surface area contributed by atoms with E-state index in [0.717, 1.165) is 40.9 Å². The van der Waals surface area contributed by atoms with Gasteiger partial charge in [-0.05, 0) is 20.2 Å². The molecule has 0 saturated heterocycles. The zero-order chi connectivity index (χ0) is 13.7. The molecule has 0 bridgehead atoms. The minimum Gasteiger partial charge on any atom is -0.318 e. The second kappa shape index (κ2) is 7.01. The van der Waals surface area contributed by atoms with E-state index in [1.807, 2.05) is 31.3 Å². The van der Waals surface area contributed by atoms with E-state index in [9.17, 15) is 0 Å². The highest BCUT2D eigenvalue weighted by Crippen LogP contribution is 2.30. The normalized spacial score (nSPS) is 11.2. The summed E-state index contributed by atoms with van der Waals surface area (Å²) in [5.74, 6) is 0. The lowest BCUT2D eigenvalue weighted by molar-refractivity contribution is 0.325. The number of hydrogen-bond acceptors (Lipinski definition) is 4. The Bertz CT molecular complexity index is 527. The maximum Gasteiger partial charge on any atom is 0.125 e. The van der Waals surface area contributed by atoms with Gasteiger partial charge in [0.25, 0.3) is 0 Å². The van der Waals surface area contributed by atoms with Crippen LogP contribution in [0.5, 0.6) is 0 Å².